The van der Waals surface area contributed by atoms with Gasteiger partial charge in [0.15, 0.2) is 30.9 Å². The van der Waals surface area contributed by atoms with Crippen LogP contribution in [0.1, 0.15) is 92.9 Å². The van der Waals surface area contributed by atoms with E-state index in [1.165, 1.54) is 35.7 Å². The van der Waals surface area contributed by atoms with Crippen LogP contribution in [0.25, 0.3) is 0 Å². The Kier molecular flexibility index (Phi) is 18.9. The second-order valence-corrected chi connectivity index (χ2v) is 24.6. The molecule has 4 N–H and O–H groups in total. The molecule has 6 rings (SSSR count). The average Bonchev–Trinajstić information content (AvgIpc) is 3.50. The van der Waals surface area contributed by atoms with Crippen molar-refractivity contribution in [2.24, 2.45) is 10.8 Å². The third-order valence-electron chi connectivity index (χ3n) is 13.4. The number of benzene rings is 4. The van der Waals surface area contributed by atoms with Gasteiger partial charge in [0.1, 0.15) is 24.7 Å². The van der Waals surface area contributed by atoms with Crippen LogP contribution in [0.4, 0.5) is 22.7 Å². The van der Waals surface area contributed by atoms with E-state index < -0.39 is 66.9 Å². The minimum Gasteiger partial charge on any atom is -0.489 e. The highest BCUT2D eigenvalue weighted by Crippen LogP contribution is 2.49. The SMILES string of the molecule is CCCCC1(CC)CN(c2ccccc2)c2cc(SC)c(OC[C@@](C)(O)C(=O)O)cc2S(=O)(=O)C1.CCCCC1(CC)CN(c2ccccc2)c2cc(SC)c(OC[C@](C)(O)C(=O)O)cc2S(=O)(=O)C1. The number of carbonyl (C=O) groups is 2. The number of aliphatic hydroxyl groups is 2. The normalized spacial score (nSPS) is 21.0. The molecule has 2 heterocycles. The smallest absolute Gasteiger partial charge is 0.339 e. The minimum atomic E-state index is -3.70. The summed E-state index contributed by atoms with van der Waals surface area (Å²) >= 11 is 2.75. The zero-order valence-corrected chi connectivity index (χ0v) is 44.8. The summed E-state index contributed by atoms with van der Waals surface area (Å²) in [5.74, 6) is -2.29. The van der Waals surface area contributed by atoms with Crippen molar-refractivity contribution in [1.29, 1.82) is 0 Å². The van der Waals surface area contributed by atoms with Gasteiger partial charge in [-0.15, -0.1) is 23.5 Å². The molecule has 0 aliphatic carbocycles. The van der Waals surface area contributed by atoms with Crippen molar-refractivity contribution in [3.63, 3.8) is 0 Å². The molecule has 0 aromatic heterocycles. The molecule has 0 amide bonds. The van der Waals surface area contributed by atoms with Crippen molar-refractivity contribution in [3.05, 3.63) is 84.9 Å². The van der Waals surface area contributed by atoms with E-state index >= 15 is 0 Å². The van der Waals surface area contributed by atoms with Crippen LogP contribution >= 0.6 is 23.5 Å². The lowest BCUT2D eigenvalue weighted by Gasteiger charge is -2.36. The van der Waals surface area contributed by atoms with E-state index in [-0.39, 0.29) is 32.8 Å². The van der Waals surface area contributed by atoms with Crippen molar-refractivity contribution >= 4 is 77.9 Å². The quantitative estimate of drug-likeness (QED) is 0.0607. The van der Waals surface area contributed by atoms with Crippen LogP contribution in [0.5, 0.6) is 11.5 Å². The largest absolute Gasteiger partial charge is 0.489 e. The molecule has 0 saturated carbocycles. The summed E-state index contributed by atoms with van der Waals surface area (Å²) in [5, 5.41) is 38.7. The second-order valence-electron chi connectivity index (χ2n) is 19.0. The molecule has 0 spiro atoms. The number of carboxylic acids is 2. The van der Waals surface area contributed by atoms with Gasteiger partial charge in [-0.1, -0.05) is 89.8 Å². The Bertz CT molecular complexity index is 2480. The first kappa shape index (κ1) is 56.5. The lowest BCUT2D eigenvalue weighted by Crippen LogP contribution is -2.41. The molecule has 4 aromatic rings. The number of hydrogen-bond acceptors (Lipinski definition) is 14. The molecule has 2 aliphatic heterocycles. The number of carboxylic acid groups (broad SMARTS) is 2. The summed E-state index contributed by atoms with van der Waals surface area (Å²) in [6.45, 7) is 10.8. The van der Waals surface area contributed by atoms with Crippen molar-refractivity contribution in [2.45, 2.75) is 124 Å². The summed E-state index contributed by atoms with van der Waals surface area (Å²) in [6.07, 6.45) is 10.6. The molecule has 2 unspecified atom stereocenters. The monoisotopic (exact) mass is 1040 g/mol. The molecule has 18 heteroatoms. The molecule has 0 fully saturated rings. The molecule has 4 atom stereocenters. The predicted molar refractivity (Wildman–Crippen MR) is 279 cm³/mol. The first-order chi connectivity index (χ1) is 33.0. The number of aliphatic carboxylic acids is 2. The lowest BCUT2D eigenvalue weighted by molar-refractivity contribution is -0.160. The second kappa shape index (κ2) is 23.4. The fraction of sp³-hybridized carbons (Fsp3) is 0.500. The van der Waals surface area contributed by atoms with Gasteiger partial charge in [-0.05, 0) is 88.4 Å². The molecular weight excluding hydrogens is 973 g/mol. The Labute approximate surface area is 423 Å². The van der Waals surface area contributed by atoms with E-state index in [1.54, 1.807) is 12.1 Å². The highest BCUT2D eigenvalue weighted by Gasteiger charge is 2.44. The molecule has 2 aliphatic rings. The number of thioether (sulfide) groups is 2. The molecule has 0 bridgehead atoms. The zero-order valence-electron chi connectivity index (χ0n) is 41.6. The van der Waals surface area contributed by atoms with Crippen molar-refractivity contribution in [3.8, 4) is 11.5 Å². The molecule has 14 nitrogen and oxygen atoms in total. The Morgan fingerprint density at radius 1 is 0.614 bits per heavy atom. The maximum Gasteiger partial charge on any atom is 0.339 e. The van der Waals surface area contributed by atoms with Crippen molar-refractivity contribution in [1.82, 2.24) is 0 Å². The number of para-hydroxylation sites is 2. The number of anilines is 4. The van der Waals surface area contributed by atoms with Gasteiger partial charge in [-0.25, -0.2) is 26.4 Å². The highest BCUT2D eigenvalue weighted by molar-refractivity contribution is 7.99. The topological polar surface area (TPSA) is 208 Å². The summed E-state index contributed by atoms with van der Waals surface area (Å²) < 4.78 is 66.8. The van der Waals surface area contributed by atoms with E-state index in [1.807, 2.05) is 73.2 Å². The number of sulfone groups is 2. The van der Waals surface area contributed by atoms with Crippen molar-refractivity contribution in [2.75, 3.05) is 60.1 Å². The van der Waals surface area contributed by atoms with Gasteiger partial charge in [0.05, 0.1) is 42.5 Å². The maximum absolute atomic E-state index is 13.8. The average molecular weight is 1040 g/mol. The molecular formula is C52H70N2O12S4. The molecule has 4 aromatic carbocycles. The van der Waals surface area contributed by atoms with Crippen LogP contribution in [-0.4, -0.2) is 111 Å². The van der Waals surface area contributed by atoms with Crippen LogP contribution in [0, 0.1) is 10.8 Å². The van der Waals surface area contributed by atoms with E-state index in [0.29, 0.717) is 34.3 Å². The number of hydrogen-bond donors (Lipinski definition) is 4. The summed E-state index contributed by atoms with van der Waals surface area (Å²) in [4.78, 5) is 28.5. The van der Waals surface area contributed by atoms with E-state index in [4.69, 9.17) is 9.47 Å². The third kappa shape index (κ3) is 13.1. The van der Waals surface area contributed by atoms with Crippen LogP contribution in [0.2, 0.25) is 0 Å². The number of nitrogens with zero attached hydrogens (tertiary/aromatic N) is 2. The Hall–Kier alpha value is -4.46. The Morgan fingerprint density at radius 2 is 0.957 bits per heavy atom. The van der Waals surface area contributed by atoms with Crippen molar-refractivity contribution < 1.29 is 56.3 Å². The van der Waals surface area contributed by atoms with Crippen LogP contribution < -0.4 is 19.3 Å². The van der Waals surface area contributed by atoms with Crippen LogP contribution in [0.3, 0.4) is 0 Å². The summed E-state index contributed by atoms with van der Waals surface area (Å²) in [6, 6.07) is 26.2. The highest BCUT2D eigenvalue weighted by atomic mass is 32.2. The van der Waals surface area contributed by atoms with E-state index in [9.17, 15) is 46.9 Å². The number of unbranched alkanes of at least 4 members (excludes halogenated alkanes) is 2. The third-order valence-corrected chi connectivity index (χ3v) is 18.9. The first-order valence-electron chi connectivity index (χ1n) is 23.7. The standard InChI is InChI=1S/2C26H35NO6S2/c2*1-5-7-13-26(6-2)16-27(19-11-9-8-10-12-19)20-14-22(34-4)21(15-23(20)35(31,32)18-26)33-17-25(3,30)24(28)29/h2*8-12,14-15,30H,5-7,13,16-18H2,1-4H3,(H,28,29)/t2*25-,26?/m10/s1. The van der Waals surface area contributed by atoms with Crippen LogP contribution in [0.15, 0.2) is 105 Å². The molecule has 384 valence electrons. The number of fused-ring (bicyclic) bond motifs is 2. The van der Waals surface area contributed by atoms with Gasteiger partial charge in [-0.2, -0.15) is 0 Å². The Balaban J connectivity index is 0.000000261. The minimum absolute atomic E-state index is 0.0255. The van der Waals surface area contributed by atoms with Gasteiger partial charge in [-0.3, -0.25) is 0 Å². The fourth-order valence-electron chi connectivity index (χ4n) is 8.84. The van der Waals surface area contributed by atoms with E-state index in [2.05, 4.69) is 37.5 Å². The van der Waals surface area contributed by atoms with Gasteiger partial charge >= 0.3 is 11.9 Å². The van der Waals surface area contributed by atoms with Crippen LogP contribution in [-0.2, 0) is 29.3 Å². The van der Waals surface area contributed by atoms with Gasteiger partial charge in [0, 0.05) is 47.4 Å². The zero-order chi connectivity index (χ0) is 51.7. The van der Waals surface area contributed by atoms with E-state index in [0.717, 1.165) is 76.6 Å². The first-order valence-corrected chi connectivity index (χ1v) is 29.4. The van der Waals surface area contributed by atoms with Gasteiger partial charge in [0.2, 0.25) is 0 Å². The summed E-state index contributed by atoms with van der Waals surface area (Å²) in [7, 11) is -7.39. The molecule has 70 heavy (non-hydrogen) atoms. The predicted octanol–water partition coefficient (Wildman–Crippen LogP) is 10.3. The molecule has 0 radical (unpaired) electrons. The molecule has 0 saturated heterocycles. The van der Waals surface area contributed by atoms with Gasteiger partial charge in [0.25, 0.3) is 0 Å². The number of rotatable bonds is 20. The maximum atomic E-state index is 13.8. The number of ether oxygens (including phenoxy) is 2. The Morgan fingerprint density at radius 3 is 1.24 bits per heavy atom. The lowest BCUT2D eigenvalue weighted by atomic mass is 9.81. The summed E-state index contributed by atoms with van der Waals surface area (Å²) in [5.41, 5.74) is -2.04. The van der Waals surface area contributed by atoms with Gasteiger partial charge < -0.3 is 39.7 Å². The fourth-order valence-corrected chi connectivity index (χ4v) is 14.3.